The highest BCUT2D eigenvalue weighted by atomic mass is 35.5. The van der Waals surface area contributed by atoms with Gasteiger partial charge in [-0.05, 0) is 36.8 Å². The lowest BCUT2D eigenvalue weighted by molar-refractivity contribution is 0.466. The molecule has 2 aromatic carbocycles. The average Bonchev–Trinajstić information content (AvgIpc) is 3.04. The van der Waals surface area contributed by atoms with E-state index < -0.39 is 5.63 Å². The van der Waals surface area contributed by atoms with E-state index in [9.17, 15) is 9.90 Å². The molecule has 0 saturated heterocycles. The summed E-state index contributed by atoms with van der Waals surface area (Å²) in [6, 6.07) is 14.0. The minimum Gasteiger partial charge on any atom is -0.506 e. The number of hydrogen-bond acceptors (Lipinski definition) is 6. The third-order valence-corrected chi connectivity index (χ3v) is 5.36. The van der Waals surface area contributed by atoms with Crippen LogP contribution in [-0.2, 0) is 0 Å². The number of thioether (sulfide) groups is 1. The van der Waals surface area contributed by atoms with Crippen LogP contribution in [0.2, 0.25) is 5.02 Å². The maximum absolute atomic E-state index is 12.4. The number of aromatic hydroxyl groups is 1. The second-order valence-electron chi connectivity index (χ2n) is 6.05. The molecule has 0 spiro atoms. The predicted octanol–water partition coefficient (Wildman–Crippen LogP) is 4.47. The highest BCUT2D eigenvalue weighted by molar-refractivity contribution is 8.15. The molecule has 0 aliphatic carbocycles. The van der Waals surface area contributed by atoms with E-state index in [1.54, 1.807) is 42.6 Å². The quantitative estimate of drug-likeness (QED) is 0.391. The van der Waals surface area contributed by atoms with E-state index in [1.807, 2.05) is 19.1 Å². The monoisotopic (exact) mass is 411 g/mol. The molecule has 1 aliphatic rings. The zero-order valence-electron chi connectivity index (χ0n) is 14.7. The lowest BCUT2D eigenvalue weighted by Crippen LogP contribution is -2.20. The van der Waals surface area contributed by atoms with Gasteiger partial charge in [-0.15, -0.1) is 5.10 Å². The van der Waals surface area contributed by atoms with E-state index in [0.29, 0.717) is 26.9 Å². The Kier molecular flexibility index (Phi) is 5.02. The highest BCUT2D eigenvalue weighted by Crippen LogP contribution is 2.32. The molecule has 6 nitrogen and oxygen atoms in total. The van der Waals surface area contributed by atoms with Crippen molar-refractivity contribution in [1.29, 1.82) is 0 Å². The summed E-state index contributed by atoms with van der Waals surface area (Å²) in [6.45, 7) is 1.88. The van der Waals surface area contributed by atoms with E-state index in [4.69, 9.17) is 16.0 Å². The molecular weight excluding hydrogens is 398 g/mol. The van der Waals surface area contributed by atoms with Crippen molar-refractivity contribution in [2.24, 2.45) is 15.2 Å². The number of halogens is 1. The zero-order valence-corrected chi connectivity index (χ0v) is 16.2. The zero-order chi connectivity index (χ0) is 19.7. The fraction of sp³-hybridized carbons (Fsp3) is 0.100. The Morgan fingerprint density at radius 1 is 1.21 bits per heavy atom. The molecule has 0 bridgehead atoms. The van der Waals surface area contributed by atoms with Gasteiger partial charge >= 0.3 is 5.63 Å². The third kappa shape index (κ3) is 3.58. The number of rotatable bonds is 3. The molecule has 0 fully saturated rings. The summed E-state index contributed by atoms with van der Waals surface area (Å²) >= 11 is 7.20. The molecule has 28 heavy (non-hydrogen) atoms. The summed E-state index contributed by atoms with van der Waals surface area (Å²) < 4.78 is 5.33. The Labute approximate surface area is 169 Å². The third-order valence-electron chi connectivity index (χ3n) is 4.15. The molecule has 1 N–H and O–H groups in total. The maximum atomic E-state index is 12.4. The lowest BCUT2D eigenvalue weighted by Gasteiger charge is -2.08. The summed E-state index contributed by atoms with van der Waals surface area (Å²) in [4.78, 5) is 16.8. The Balaban J connectivity index is 1.68. The van der Waals surface area contributed by atoms with Gasteiger partial charge in [-0.3, -0.25) is 0 Å². The molecule has 1 unspecified atom stereocenters. The Morgan fingerprint density at radius 2 is 1.96 bits per heavy atom. The van der Waals surface area contributed by atoms with Gasteiger partial charge in [-0.25, -0.2) is 9.79 Å². The van der Waals surface area contributed by atoms with E-state index in [2.05, 4.69) is 15.2 Å². The van der Waals surface area contributed by atoms with Crippen LogP contribution in [0.5, 0.6) is 5.75 Å². The fourth-order valence-electron chi connectivity index (χ4n) is 2.79. The van der Waals surface area contributed by atoms with Gasteiger partial charge in [0.2, 0.25) is 5.17 Å². The molecule has 1 aliphatic heterocycles. The number of hydrogen-bond donors (Lipinski definition) is 1. The minimum absolute atomic E-state index is 0.0607. The molecular formula is C20H14ClN3O3S. The molecule has 8 heteroatoms. The number of fused-ring (bicyclic) bond motifs is 1. The number of aliphatic imine (C=N–C) groups is 1. The maximum Gasteiger partial charge on any atom is 0.349 e. The molecule has 0 amide bonds. The van der Waals surface area contributed by atoms with Gasteiger partial charge in [0.25, 0.3) is 0 Å². The second kappa shape index (κ2) is 7.61. The molecule has 140 valence electrons. The van der Waals surface area contributed by atoms with Crippen molar-refractivity contribution in [3.63, 3.8) is 0 Å². The first-order chi connectivity index (χ1) is 13.5. The first-order valence-electron chi connectivity index (χ1n) is 8.40. The van der Waals surface area contributed by atoms with Crippen molar-refractivity contribution >= 4 is 51.4 Å². The highest BCUT2D eigenvalue weighted by Gasteiger charge is 2.29. The second-order valence-corrected chi connectivity index (χ2v) is 7.79. The van der Waals surface area contributed by atoms with Crippen LogP contribution in [0.15, 0.2) is 72.9 Å². The van der Waals surface area contributed by atoms with Crippen LogP contribution in [0.1, 0.15) is 18.1 Å². The van der Waals surface area contributed by atoms with Crippen molar-refractivity contribution in [2.45, 2.75) is 12.2 Å². The molecule has 1 aromatic heterocycles. The summed E-state index contributed by atoms with van der Waals surface area (Å²) in [7, 11) is 0. The van der Waals surface area contributed by atoms with Crippen LogP contribution in [0.25, 0.3) is 11.0 Å². The van der Waals surface area contributed by atoms with E-state index in [1.165, 1.54) is 11.8 Å². The summed E-state index contributed by atoms with van der Waals surface area (Å²) in [5.41, 5.74) is 1.03. The van der Waals surface area contributed by atoms with Crippen molar-refractivity contribution < 1.29 is 9.52 Å². The number of amidine groups is 1. The lowest BCUT2D eigenvalue weighted by atomic mass is 10.1. The van der Waals surface area contributed by atoms with Gasteiger partial charge < -0.3 is 9.52 Å². The predicted molar refractivity (Wildman–Crippen MR) is 114 cm³/mol. The summed E-state index contributed by atoms with van der Waals surface area (Å²) in [6.07, 6.45) is 1.59. The van der Waals surface area contributed by atoms with Crippen molar-refractivity contribution in [3.05, 3.63) is 75.1 Å². The van der Waals surface area contributed by atoms with Gasteiger partial charge in [0.05, 0.1) is 22.6 Å². The molecule has 0 radical (unpaired) electrons. The van der Waals surface area contributed by atoms with Crippen molar-refractivity contribution in [2.75, 3.05) is 0 Å². The number of benzene rings is 2. The first kappa shape index (κ1) is 18.5. The van der Waals surface area contributed by atoms with Crippen molar-refractivity contribution in [3.8, 4) is 5.75 Å². The van der Waals surface area contributed by atoms with Crippen LogP contribution in [0, 0.1) is 0 Å². The standard InChI is InChI=1S/C20H14ClN3O3S/c1-11-17(16-18(25)14-4-2-3-5-15(14)27-19(16)26)23-20(28-11)24-22-10-12-6-8-13(21)9-7-12/h2-11,25H,1H3. The van der Waals surface area contributed by atoms with Crippen LogP contribution >= 0.6 is 23.4 Å². The molecule has 3 aromatic rings. The SMILES string of the molecule is CC1SC(=NN=Cc2ccc(Cl)cc2)N=C1c1c(O)c2ccccc2oc1=O. The minimum atomic E-state index is -0.631. The number of para-hydroxylation sites is 1. The van der Waals surface area contributed by atoms with Gasteiger partial charge in [-0.2, -0.15) is 5.10 Å². The van der Waals surface area contributed by atoms with Gasteiger partial charge in [0.15, 0.2) is 0 Å². The molecule has 4 rings (SSSR count). The topological polar surface area (TPSA) is 87.5 Å². The first-order valence-corrected chi connectivity index (χ1v) is 9.65. The van der Waals surface area contributed by atoms with E-state index in [-0.39, 0.29) is 16.6 Å². The number of nitrogens with zero attached hydrogens (tertiary/aromatic N) is 3. The van der Waals surface area contributed by atoms with Crippen LogP contribution in [0.4, 0.5) is 0 Å². The van der Waals surface area contributed by atoms with Crippen LogP contribution in [0.3, 0.4) is 0 Å². The smallest absolute Gasteiger partial charge is 0.349 e. The normalized spacial score (nSPS) is 18.3. The van der Waals surface area contributed by atoms with Gasteiger partial charge in [0.1, 0.15) is 16.9 Å². The van der Waals surface area contributed by atoms with Crippen LogP contribution < -0.4 is 5.63 Å². The van der Waals surface area contributed by atoms with Gasteiger partial charge in [0, 0.05) is 5.02 Å². The van der Waals surface area contributed by atoms with Crippen LogP contribution in [-0.4, -0.2) is 27.5 Å². The Hall–Kier alpha value is -2.90. The van der Waals surface area contributed by atoms with E-state index >= 15 is 0 Å². The fourth-order valence-corrected chi connectivity index (χ4v) is 3.76. The molecule has 2 heterocycles. The summed E-state index contributed by atoms with van der Waals surface area (Å²) in [5, 5.41) is 20.1. The molecule has 1 atom stereocenters. The Bertz CT molecular complexity index is 1200. The largest absolute Gasteiger partial charge is 0.506 e. The van der Waals surface area contributed by atoms with E-state index in [0.717, 1.165) is 5.56 Å². The van der Waals surface area contributed by atoms with Crippen molar-refractivity contribution in [1.82, 2.24) is 0 Å². The average molecular weight is 412 g/mol. The van der Waals surface area contributed by atoms with Gasteiger partial charge in [-0.1, -0.05) is 47.6 Å². The Morgan fingerprint density at radius 3 is 2.75 bits per heavy atom. The molecule has 0 saturated carbocycles. The summed E-state index contributed by atoms with van der Waals surface area (Å²) in [5.74, 6) is -0.135.